The van der Waals surface area contributed by atoms with Crippen LogP contribution >= 0.6 is 0 Å². The van der Waals surface area contributed by atoms with E-state index in [9.17, 15) is 19.2 Å². The predicted octanol–water partition coefficient (Wildman–Crippen LogP) is 5.97. The van der Waals surface area contributed by atoms with Gasteiger partial charge in [0.05, 0.1) is 13.4 Å². The van der Waals surface area contributed by atoms with E-state index in [2.05, 4.69) is 27.5 Å². The molecule has 50 heavy (non-hydrogen) atoms. The van der Waals surface area contributed by atoms with Gasteiger partial charge in [0, 0.05) is 19.3 Å². The fourth-order valence-electron chi connectivity index (χ4n) is 5.56. The maximum Gasteiger partial charge on any atom is 0.408 e. The molecule has 0 aliphatic carbocycles. The molecule has 2 heterocycles. The van der Waals surface area contributed by atoms with Gasteiger partial charge in [-0.05, 0) is 95.9 Å². The zero-order valence-electron chi connectivity index (χ0n) is 30.2. The lowest BCUT2D eigenvalue weighted by atomic mass is 9.97. The van der Waals surface area contributed by atoms with Crippen LogP contribution in [0.4, 0.5) is 10.6 Å². The van der Waals surface area contributed by atoms with E-state index in [0.29, 0.717) is 37.6 Å². The molecule has 1 aliphatic heterocycles. The number of anilines is 1. The van der Waals surface area contributed by atoms with Crippen LogP contribution in [0.1, 0.15) is 84.4 Å². The summed E-state index contributed by atoms with van der Waals surface area (Å²) in [7, 11) is 1.59. The van der Waals surface area contributed by atoms with Crippen molar-refractivity contribution >= 4 is 35.3 Å². The summed E-state index contributed by atoms with van der Waals surface area (Å²) in [5.74, 6) is 0.0432. The highest BCUT2D eigenvalue weighted by molar-refractivity contribution is 6.44. The number of likely N-dealkylation sites (tertiary alicyclic amines) is 1. The fourth-order valence-corrected chi connectivity index (χ4v) is 5.56. The molecule has 1 saturated heterocycles. The van der Waals surface area contributed by atoms with Crippen molar-refractivity contribution in [3.05, 3.63) is 78.2 Å². The molecule has 3 aromatic rings. The van der Waals surface area contributed by atoms with Gasteiger partial charge < -0.3 is 29.6 Å². The second-order valence-electron chi connectivity index (χ2n) is 14.3. The fraction of sp³-hybridized carbons (Fsp3) is 0.474. The van der Waals surface area contributed by atoms with E-state index in [1.807, 2.05) is 59.5 Å². The molecule has 1 atom stereocenters. The van der Waals surface area contributed by atoms with Gasteiger partial charge in [-0.2, -0.15) is 0 Å². The van der Waals surface area contributed by atoms with E-state index in [0.717, 1.165) is 24.0 Å². The van der Waals surface area contributed by atoms with Gasteiger partial charge in [-0.25, -0.2) is 14.8 Å². The average molecular weight is 687 g/mol. The molecule has 0 radical (unpaired) electrons. The molecule has 0 spiro atoms. The van der Waals surface area contributed by atoms with E-state index in [1.165, 1.54) is 20.2 Å². The molecule has 1 fully saturated rings. The monoisotopic (exact) mass is 686 g/mol. The van der Waals surface area contributed by atoms with Gasteiger partial charge in [-0.15, -0.1) is 0 Å². The van der Waals surface area contributed by atoms with Crippen LogP contribution in [-0.4, -0.2) is 75.3 Å². The largest absolute Gasteiger partial charge is 0.497 e. The van der Waals surface area contributed by atoms with Gasteiger partial charge in [0.2, 0.25) is 5.91 Å². The van der Waals surface area contributed by atoms with Gasteiger partial charge in [-0.1, -0.05) is 49.4 Å². The number of benzene rings is 2. The number of nitrogens with zero attached hydrogens (tertiary/aromatic N) is 4. The van der Waals surface area contributed by atoms with Crippen molar-refractivity contribution in [2.75, 3.05) is 25.5 Å². The van der Waals surface area contributed by atoms with Crippen molar-refractivity contribution in [1.29, 1.82) is 0 Å². The summed E-state index contributed by atoms with van der Waals surface area (Å²) < 4.78 is 12.3. The Bertz CT molecular complexity index is 1650. The Hall–Kier alpha value is -5.00. The predicted molar refractivity (Wildman–Crippen MR) is 192 cm³/mol. The molecule has 268 valence electrons. The molecule has 4 amide bonds. The van der Waals surface area contributed by atoms with E-state index in [4.69, 9.17) is 9.47 Å². The van der Waals surface area contributed by atoms with Crippen LogP contribution in [0.25, 0.3) is 0 Å². The minimum absolute atomic E-state index is 0.00948. The van der Waals surface area contributed by atoms with Crippen molar-refractivity contribution in [2.45, 2.75) is 90.8 Å². The molecule has 1 unspecified atom stereocenters. The first-order valence-electron chi connectivity index (χ1n) is 17.1. The zero-order valence-corrected chi connectivity index (χ0v) is 30.2. The maximum atomic E-state index is 14.0. The van der Waals surface area contributed by atoms with Crippen molar-refractivity contribution in [1.82, 2.24) is 19.8 Å². The lowest BCUT2D eigenvalue weighted by molar-refractivity contribution is -0.135. The van der Waals surface area contributed by atoms with Crippen LogP contribution in [0.3, 0.4) is 0 Å². The third-order valence-electron chi connectivity index (χ3n) is 8.47. The summed E-state index contributed by atoms with van der Waals surface area (Å²) in [6.45, 7) is 11.7. The number of rotatable bonds is 12. The summed E-state index contributed by atoms with van der Waals surface area (Å²) in [6.07, 6.45) is 5.61. The number of amides is 4. The normalized spacial score (nSPS) is 14.9. The van der Waals surface area contributed by atoms with E-state index in [-0.39, 0.29) is 23.9 Å². The lowest BCUT2D eigenvalue weighted by Gasteiger charge is -2.33. The second-order valence-corrected chi connectivity index (χ2v) is 14.3. The van der Waals surface area contributed by atoms with Crippen LogP contribution in [0.2, 0.25) is 0 Å². The third-order valence-corrected chi connectivity index (χ3v) is 8.47. The number of aliphatic imine (C=N–C) groups is 1. The quantitative estimate of drug-likeness (QED) is 0.223. The number of carbonyl (C=O) groups excluding carboxylic acids is 4. The molecule has 1 aliphatic rings. The van der Waals surface area contributed by atoms with E-state index in [1.54, 1.807) is 38.6 Å². The summed E-state index contributed by atoms with van der Waals surface area (Å²) in [6, 6.07) is 16.4. The van der Waals surface area contributed by atoms with Crippen molar-refractivity contribution in [3.8, 4) is 5.75 Å². The highest BCUT2D eigenvalue weighted by atomic mass is 16.6. The molecular formula is C38H50N6O6. The lowest BCUT2D eigenvalue weighted by Crippen LogP contribution is -2.51. The molecule has 0 saturated carbocycles. The highest BCUT2D eigenvalue weighted by Crippen LogP contribution is 2.27. The molecule has 0 bridgehead atoms. The molecule has 2 N–H and O–H groups in total. The number of hydrogen-bond donors (Lipinski definition) is 2. The number of imidazole rings is 1. The SMILES string of the molecule is COc1ccc(C(C(=O)N2CCC(C)CC2)n2cnc(NC(=O)C(CCCc3ccccc3)=NC(=O)C(C)(C)NC(=O)OC(C)(C)C)c2)cc1. The number of piperidine rings is 1. The van der Waals surface area contributed by atoms with Gasteiger partial charge in [-0.3, -0.25) is 14.4 Å². The molecule has 12 heteroatoms. The van der Waals surface area contributed by atoms with E-state index >= 15 is 0 Å². The van der Waals surface area contributed by atoms with Crippen LogP contribution in [0, 0.1) is 5.92 Å². The van der Waals surface area contributed by atoms with Crippen molar-refractivity contribution in [2.24, 2.45) is 10.9 Å². The summed E-state index contributed by atoms with van der Waals surface area (Å²) in [5, 5.41) is 5.34. The Balaban J connectivity index is 1.57. The minimum Gasteiger partial charge on any atom is -0.497 e. The number of alkyl carbamates (subject to hydrolysis) is 1. The second kappa shape index (κ2) is 16.6. The topological polar surface area (TPSA) is 144 Å². The Labute approximate surface area is 294 Å². The van der Waals surface area contributed by atoms with Gasteiger partial charge >= 0.3 is 6.09 Å². The first kappa shape index (κ1) is 37.8. The van der Waals surface area contributed by atoms with Gasteiger partial charge in [0.1, 0.15) is 28.6 Å². The van der Waals surface area contributed by atoms with Crippen LogP contribution < -0.4 is 15.4 Å². The Morgan fingerprint density at radius 1 is 0.980 bits per heavy atom. The Morgan fingerprint density at radius 3 is 2.26 bits per heavy atom. The number of aromatic nitrogens is 2. The first-order chi connectivity index (χ1) is 23.6. The molecule has 4 rings (SSSR count). The third kappa shape index (κ3) is 10.8. The number of hydrogen-bond acceptors (Lipinski definition) is 7. The van der Waals surface area contributed by atoms with Crippen LogP contribution in [0.15, 0.2) is 72.1 Å². The van der Waals surface area contributed by atoms with E-state index < -0.39 is 35.1 Å². The number of methoxy groups -OCH3 is 1. The molecular weight excluding hydrogens is 636 g/mol. The first-order valence-corrected chi connectivity index (χ1v) is 17.1. The van der Waals surface area contributed by atoms with Gasteiger partial charge in [0.15, 0.2) is 5.82 Å². The maximum absolute atomic E-state index is 14.0. The van der Waals surface area contributed by atoms with Gasteiger partial charge in [0.25, 0.3) is 11.8 Å². The summed E-state index contributed by atoms with van der Waals surface area (Å²) in [5.41, 5.74) is -0.390. The number of carbonyl (C=O) groups is 4. The van der Waals surface area contributed by atoms with Crippen LogP contribution in [-0.2, 0) is 25.5 Å². The Morgan fingerprint density at radius 2 is 1.64 bits per heavy atom. The average Bonchev–Trinajstić information content (AvgIpc) is 3.51. The van der Waals surface area contributed by atoms with Crippen molar-refractivity contribution < 1.29 is 28.7 Å². The molecule has 1 aromatic heterocycles. The number of aryl methyl sites for hydroxylation is 1. The summed E-state index contributed by atoms with van der Waals surface area (Å²) in [4.78, 5) is 64.0. The number of nitrogens with one attached hydrogen (secondary N) is 2. The minimum atomic E-state index is -1.45. The van der Waals surface area contributed by atoms with Crippen molar-refractivity contribution in [3.63, 3.8) is 0 Å². The molecule has 2 aromatic carbocycles. The summed E-state index contributed by atoms with van der Waals surface area (Å²) >= 11 is 0. The highest BCUT2D eigenvalue weighted by Gasteiger charge is 2.33. The zero-order chi connectivity index (χ0) is 36.5. The van der Waals surface area contributed by atoms with Crippen LogP contribution in [0.5, 0.6) is 5.75 Å². The number of ether oxygens (including phenoxy) is 2. The smallest absolute Gasteiger partial charge is 0.408 e. The molecule has 12 nitrogen and oxygen atoms in total. The standard InChI is InChI=1S/C38H50N6O6/c1-26-20-22-43(23-21-26)34(46)32(28-16-18-29(49-7)19-17-28)44-24-31(39-25-44)41-33(45)30(15-11-14-27-12-9-8-10-13-27)40-35(47)38(5,6)42-36(48)50-37(2,3)4/h8-10,12-13,16-19,24-26,32H,11,14-15,20-23H2,1-7H3,(H,41,45)(H,42,48). The Kier molecular flexibility index (Phi) is 12.6.